The summed E-state index contributed by atoms with van der Waals surface area (Å²) >= 11 is 0. The number of benzene rings is 2. The number of nitrogens with one attached hydrogen (secondary N) is 3. The van der Waals surface area contributed by atoms with Gasteiger partial charge >= 0.3 is 0 Å². The number of H-pyrrole nitrogens is 1. The maximum atomic E-state index is 14.5. The van der Waals surface area contributed by atoms with Crippen molar-refractivity contribution in [3.05, 3.63) is 59.4 Å². The quantitative estimate of drug-likeness (QED) is 0.442. The van der Waals surface area contributed by atoms with Gasteiger partial charge in [0.05, 0.1) is 11.2 Å². The van der Waals surface area contributed by atoms with E-state index >= 15 is 0 Å². The van der Waals surface area contributed by atoms with E-state index in [1.165, 1.54) is 18.2 Å². The van der Waals surface area contributed by atoms with Crippen molar-refractivity contribution in [2.75, 3.05) is 6.54 Å². The molecule has 2 aliphatic carbocycles. The summed E-state index contributed by atoms with van der Waals surface area (Å²) in [5.74, 6) is -1.58. The van der Waals surface area contributed by atoms with Gasteiger partial charge in [0.2, 0.25) is 0 Å². The third-order valence-electron chi connectivity index (χ3n) is 6.88. The summed E-state index contributed by atoms with van der Waals surface area (Å²) in [4.78, 5) is 3.07. The Labute approximate surface area is 191 Å². The van der Waals surface area contributed by atoms with Crippen LogP contribution in [-0.2, 0) is 10.2 Å². The Morgan fingerprint density at radius 1 is 0.970 bits per heavy atom. The second-order valence-electron chi connectivity index (χ2n) is 9.22. The summed E-state index contributed by atoms with van der Waals surface area (Å²) in [5.41, 5.74) is 2.34. The molecule has 0 aliphatic heterocycles. The maximum absolute atomic E-state index is 14.5. The predicted molar refractivity (Wildman–Crippen MR) is 121 cm³/mol. The van der Waals surface area contributed by atoms with Crippen LogP contribution >= 0.6 is 0 Å². The van der Waals surface area contributed by atoms with Crippen molar-refractivity contribution in [3.8, 4) is 11.3 Å². The van der Waals surface area contributed by atoms with Gasteiger partial charge in [0, 0.05) is 24.0 Å². The van der Waals surface area contributed by atoms with E-state index in [2.05, 4.69) is 14.4 Å². The van der Waals surface area contributed by atoms with Gasteiger partial charge in [0.15, 0.2) is 0 Å². The lowest BCUT2D eigenvalue weighted by Gasteiger charge is -2.36. The predicted octanol–water partition coefficient (Wildman–Crippen LogP) is 5.11. The fourth-order valence-corrected chi connectivity index (χ4v) is 6.39. The Kier molecular flexibility index (Phi) is 5.96. The SMILES string of the molecule is O=S(=O)(NCC1CC(c2c(-c3ccc(F)cc3)[nH]c3c(F)cc(F)cc23)C1)NC1CCCC1. The maximum Gasteiger partial charge on any atom is 0.277 e. The van der Waals surface area contributed by atoms with Crippen LogP contribution in [0.1, 0.15) is 50.0 Å². The summed E-state index contributed by atoms with van der Waals surface area (Å²) in [6.45, 7) is 0.315. The summed E-state index contributed by atoms with van der Waals surface area (Å²) < 4.78 is 72.0. The van der Waals surface area contributed by atoms with Gasteiger partial charge in [-0.3, -0.25) is 0 Å². The lowest BCUT2D eigenvalue weighted by Crippen LogP contribution is -2.44. The lowest BCUT2D eigenvalue weighted by molar-refractivity contribution is 0.266. The smallest absolute Gasteiger partial charge is 0.277 e. The van der Waals surface area contributed by atoms with E-state index in [1.54, 1.807) is 12.1 Å². The van der Waals surface area contributed by atoms with Crippen LogP contribution in [0.15, 0.2) is 36.4 Å². The molecule has 3 N–H and O–H groups in total. The Hall–Kier alpha value is -2.36. The van der Waals surface area contributed by atoms with E-state index in [4.69, 9.17) is 0 Å². The van der Waals surface area contributed by atoms with Crippen molar-refractivity contribution in [3.63, 3.8) is 0 Å². The highest BCUT2D eigenvalue weighted by molar-refractivity contribution is 7.87. The average Bonchev–Trinajstić information content (AvgIpc) is 3.35. The largest absolute Gasteiger partial charge is 0.352 e. The van der Waals surface area contributed by atoms with Gasteiger partial charge in [0.1, 0.15) is 17.5 Å². The number of hydrogen-bond acceptors (Lipinski definition) is 2. The second-order valence-corrected chi connectivity index (χ2v) is 10.7. The Balaban J connectivity index is 1.34. The third-order valence-corrected chi connectivity index (χ3v) is 8.07. The van der Waals surface area contributed by atoms with E-state index in [-0.39, 0.29) is 29.2 Å². The third kappa shape index (κ3) is 4.67. The molecule has 33 heavy (non-hydrogen) atoms. The standard InChI is InChI=1S/C24H26F3N3O2S/c25-17-7-5-15(6-8-17)23-22(20-11-18(26)12-21(27)24(20)29-23)16-9-14(10-16)13-28-33(31,32)30-19-3-1-2-4-19/h5-8,11-12,14,16,19,28-30H,1-4,9-10,13H2. The summed E-state index contributed by atoms with van der Waals surface area (Å²) in [6.07, 6.45) is 5.19. The normalized spacial score (nSPS) is 21.5. The monoisotopic (exact) mass is 477 g/mol. The highest BCUT2D eigenvalue weighted by Gasteiger charge is 2.35. The molecule has 0 unspecified atom stereocenters. The molecule has 1 heterocycles. The summed E-state index contributed by atoms with van der Waals surface area (Å²) in [6, 6.07) is 8.04. The van der Waals surface area contributed by atoms with Crippen molar-refractivity contribution in [1.82, 2.24) is 14.4 Å². The van der Waals surface area contributed by atoms with Crippen LogP contribution in [-0.4, -0.2) is 26.0 Å². The average molecular weight is 478 g/mol. The zero-order chi connectivity index (χ0) is 23.2. The molecule has 2 saturated carbocycles. The van der Waals surface area contributed by atoms with Crippen LogP contribution in [0.5, 0.6) is 0 Å². The van der Waals surface area contributed by atoms with Crippen LogP contribution in [0.2, 0.25) is 0 Å². The van der Waals surface area contributed by atoms with Crippen LogP contribution in [0, 0.1) is 23.4 Å². The molecule has 0 saturated heterocycles. The molecule has 0 atom stereocenters. The van der Waals surface area contributed by atoms with Crippen molar-refractivity contribution >= 4 is 21.1 Å². The Morgan fingerprint density at radius 2 is 1.67 bits per heavy atom. The highest BCUT2D eigenvalue weighted by Crippen LogP contribution is 2.48. The van der Waals surface area contributed by atoms with Crippen LogP contribution in [0.4, 0.5) is 13.2 Å². The van der Waals surface area contributed by atoms with Crippen LogP contribution in [0.25, 0.3) is 22.2 Å². The fourth-order valence-electron chi connectivity index (χ4n) is 5.18. The first-order valence-electron chi connectivity index (χ1n) is 11.3. The Morgan fingerprint density at radius 3 is 2.36 bits per heavy atom. The Bertz CT molecular complexity index is 1260. The van der Waals surface area contributed by atoms with Crippen LogP contribution < -0.4 is 9.44 Å². The van der Waals surface area contributed by atoms with Crippen molar-refractivity contribution in [2.45, 2.75) is 50.5 Å². The summed E-state index contributed by atoms with van der Waals surface area (Å²) in [5, 5.41) is 0.471. The van der Waals surface area contributed by atoms with Crippen LogP contribution in [0.3, 0.4) is 0 Å². The molecule has 5 rings (SSSR count). The molecule has 0 bridgehead atoms. The van der Waals surface area contributed by atoms with Gasteiger partial charge < -0.3 is 4.98 Å². The first kappa shape index (κ1) is 22.4. The van der Waals surface area contributed by atoms with Gasteiger partial charge in [-0.05, 0) is 79.0 Å². The summed E-state index contributed by atoms with van der Waals surface area (Å²) in [7, 11) is -3.55. The minimum absolute atomic E-state index is 0.00548. The van der Waals surface area contributed by atoms with Crippen molar-refractivity contribution < 1.29 is 21.6 Å². The zero-order valence-electron chi connectivity index (χ0n) is 18.0. The highest BCUT2D eigenvalue weighted by atomic mass is 32.2. The number of aromatic amines is 1. The number of halogens is 3. The molecule has 0 radical (unpaired) electrons. The molecule has 2 fully saturated rings. The number of rotatable bonds is 7. The van der Waals surface area contributed by atoms with Gasteiger partial charge in [-0.1, -0.05) is 12.8 Å². The van der Waals surface area contributed by atoms with E-state index < -0.39 is 21.8 Å². The number of aromatic nitrogens is 1. The van der Waals surface area contributed by atoms with E-state index in [9.17, 15) is 21.6 Å². The molecule has 0 spiro atoms. The van der Waals surface area contributed by atoms with E-state index in [0.29, 0.717) is 36.0 Å². The van der Waals surface area contributed by atoms with Gasteiger partial charge in [-0.2, -0.15) is 13.1 Å². The molecule has 3 aromatic rings. The first-order chi connectivity index (χ1) is 15.8. The minimum atomic E-state index is -3.55. The molecule has 0 amide bonds. The van der Waals surface area contributed by atoms with Gasteiger partial charge in [-0.25, -0.2) is 17.9 Å². The van der Waals surface area contributed by atoms with Crippen molar-refractivity contribution in [1.29, 1.82) is 0 Å². The molecule has 176 valence electrons. The second kappa shape index (κ2) is 8.77. The van der Waals surface area contributed by atoms with Gasteiger partial charge in [0.25, 0.3) is 10.2 Å². The molecule has 2 aromatic carbocycles. The molecular weight excluding hydrogens is 451 g/mol. The molecular formula is C24H26F3N3O2S. The minimum Gasteiger partial charge on any atom is -0.352 e. The number of hydrogen-bond donors (Lipinski definition) is 3. The van der Waals surface area contributed by atoms with Crippen molar-refractivity contribution in [2.24, 2.45) is 5.92 Å². The molecule has 9 heteroatoms. The first-order valence-corrected chi connectivity index (χ1v) is 12.8. The molecule has 2 aliphatic rings. The van der Waals surface area contributed by atoms with E-state index in [1.807, 2.05) is 0 Å². The topological polar surface area (TPSA) is 74.0 Å². The lowest BCUT2D eigenvalue weighted by atomic mass is 9.70. The number of fused-ring (bicyclic) bond motifs is 1. The molecule has 1 aromatic heterocycles. The zero-order valence-corrected chi connectivity index (χ0v) is 18.8. The van der Waals surface area contributed by atoms with Gasteiger partial charge in [-0.15, -0.1) is 0 Å². The molecule has 5 nitrogen and oxygen atoms in total. The van der Waals surface area contributed by atoms with E-state index in [0.717, 1.165) is 37.3 Å². The fraction of sp³-hybridized carbons (Fsp3) is 0.417.